The molecule has 6 amide bonds. The number of hydrogen-bond donors (Lipinski definition) is 7. The summed E-state index contributed by atoms with van der Waals surface area (Å²) in [6, 6.07) is 8.32. The maximum Gasteiger partial charge on any atom is 0.737 e. The molecule has 0 spiro atoms. The average Bonchev–Trinajstić information content (AvgIpc) is 1.54. The van der Waals surface area contributed by atoms with Crippen LogP contribution in [0.1, 0.15) is 79.6 Å². The van der Waals surface area contributed by atoms with Crippen LogP contribution in [-0.4, -0.2) is 234 Å². The quantitative estimate of drug-likeness (QED) is 0.0106. The summed E-state index contributed by atoms with van der Waals surface area (Å²) in [5.41, 5.74) is 2.19. The van der Waals surface area contributed by atoms with E-state index in [1.54, 1.807) is 55.6 Å². The molecule has 0 saturated carbocycles. The van der Waals surface area contributed by atoms with E-state index < -0.39 is 122 Å². The zero-order valence-electron chi connectivity index (χ0n) is 52.7. The van der Waals surface area contributed by atoms with Gasteiger partial charge >= 0.3 is 19.0 Å². The molecular formula is C57H81BF2N11O19S2+3. The number of fused-ring (bicyclic) bond motifs is 2. The third-order valence-electron chi connectivity index (χ3n) is 15.0. The molecule has 4 unspecified atom stereocenters. The van der Waals surface area contributed by atoms with E-state index in [2.05, 4.69) is 41.9 Å². The lowest BCUT2D eigenvalue weighted by Gasteiger charge is -2.32. The van der Waals surface area contributed by atoms with E-state index in [0.29, 0.717) is 62.2 Å². The van der Waals surface area contributed by atoms with Crippen LogP contribution in [0, 0.1) is 10.1 Å². The van der Waals surface area contributed by atoms with Crippen LogP contribution in [-0.2, 0) is 71.4 Å². The maximum atomic E-state index is 17.7. The van der Waals surface area contributed by atoms with Crippen LogP contribution in [0.15, 0.2) is 65.9 Å². The normalized spacial score (nSPS) is 16.1. The van der Waals surface area contributed by atoms with Crippen LogP contribution >= 0.6 is 0 Å². The Labute approximate surface area is 531 Å². The van der Waals surface area contributed by atoms with Gasteiger partial charge in [-0.1, -0.05) is 18.2 Å². The summed E-state index contributed by atoms with van der Waals surface area (Å²) in [5, 5.41) is 21.1. The largest absolute Gasteiger partial charge is 0.737 e. The number of carbonyl (C=O) groups is 7. The molecule has 3 aromatic rings. The number of rotatable bonds is 34. The molecule has 0 radical (unpaired) electrons. The summed E-state index contributed by atoms with van der Waals surface area (Å²) in [4.78, 5) is 106. The highest BCUT2D eigenvalue weighted by Crippen LogP contribution is 2.41. The lowest BCUT2D eigenvalue weighted by atomic mass is 9.88. The van der Waals surface area contributed by atoms with Gasteiger partial charge in [0.05, 0.1) is 99.2 Å². The van der Waals surface area contributed by atoms with Crippen molar-refractivity contribution in [3.05, 3.63) is 104 Å². The number of nitrogens with one attached hydrogen (secondary N) is 5. The molecule has 92 heavy (non-hydrogen) atoms. The van der Waals surface area contributed by atoms with Crippen molar-refractivity contribution in [3.8, 4) is 11.5 Å². The minimum absolute atomic E-state index is 0.0252. The molecule has 504 valence electrons. The number of benzene rings is 2. The van der Waals surface area contributed by atoms with Crippen LogP contribution < -0.4 is 35.6 Å². The van der Waals surface area contributed by atoms with Gasteiger partial charge in [-0.15, -0.1) is 5.06 Å². The smallest absolute Gasteiger partial charge is 0.493 e. The number of aryl methyl sites for hydroxylation is 2. The number of nitrogens with zero attached hydrogens (tertiary/aromatic N) is 6. The molecule has 3 aliphatic heterocycles. The van der Waals surface area contributed by atoms with E-state index >= 15 is 8.63 Å². The standard InChI is InChI=1S/C57H78BF2N11O19S2/c1-37(89-57(78)62-34-54(75)90-68-52(73)21-22-53(68)74)42-31-49(87-9)50(33-48(42)69(79)80)88-28-25-65(2)24-23-61-55(76)43(35-91(81,82)83)64-56(77)44(36-92(84,85)86)63-51(72)20-19-41-29-39(17-13-26-70(3,4)5)46-32-47-40(18-14-27-71(6,7)8)30-45(38-15-11-10-12-16-38)67(47)58(59,60)66(41)46/h10-12,15-16,29-33,37,43-44H,13-14,17-28,34-36H2,1-9H3,(H4-2,61,62,63,64,72,76,77,78,81,82,83,84,85,86)/p+3. The van der Waals surface area contributed by atoms with Crippen molar-refractivity contribution in [1.82, 2.24) is 30.8 Å². The number of imide groups is 1. The summed E-state index contributed by atoms with van der Waals surface area (Å²) in [5.74, 6) is -9.40. The van der Waals surface area contributed by atoms with Gasteiger partial charge in [-0.05, 0) is 61.7 Å². The average molecular weight is 1340 g/mol. The Morgan fingerprint density at radius 1 is 0.826 bits per heavy atom. The van der Waals surface area contributed by atoms with Crippen LogP contribution in [0.25, 0.3) is 6.08 Å². The minimum Gasteiger partial charge on any atom is -0.493 e. The lowest BCUT2D eigenvalue weighted by Crippen LogP contribution is -3.10. The number of hydroxylamine groups is 2. The number of nitro benzene ring substituents is 1. The molecule has 4 heterocycles. The third-order valence-corrected chi connectivity index (χ3v) is 16.5. The summed E-state index contributed by atoms with van der Waals surface area (Å²) < 4.78 is 124. The van der Waals surface area contributed by atoms with Crippen molar-refractivity contribution >= 4 is 86.3 Å². The molecule has 1 aromatic heterocycles. The Morgan fingerprint density at radius 3 is 2.02 bits per heavy atom. The highest BCUT2D eigenvalue weighted by molar-refractivity contribution is 7.86. The van der Waals surface area contributed by atoms with Crippen molar-refractivity contribution in [2.75, 3.05) is 114 Å². The Kier molecular flexibility index (Phi) is 24.1. The molecule has 0 aliphatic carbocycles. The van der Waals surface area contributed by atoms with Crippen molar-refractivity contribution in [2.24, 2.45) is 0 Å². The first-order chi connectivity index (χ1) is 42.8. The molecule has 1 fully saturated rings. The number of alkyl carbamates (subject to hydrolysis) is 1. The number of likely N-dealkylation sites (N-methyl/N-ethyl adjacent to an activating group) is 1. The Bertz CT molecular complexity index is 3630. The molecule has 30 nitrogen and oxygen atoms in total. The fourth-order valence-corrected chi connectivity index (χ4v) is 11.8. The first-order valence-corrected chi connectivity index (χ1v) is 32.7. The van der Waals surface area contributed by atoms with Gasteiger partial charge in [-0.3, -0.25) is 43.2 Å². The van der Waals surface area contributed by atoms with Gasteiger partial charge in [0, 0.05) is 61.1 Å². The summed E-state index contributed by atoms with van der Waals surface area (Å²) in [7, 11) is 4.89. The third kappa shape index (κ3) is 20.6. The van der Waals surface area contributed by atoms with Gasteiger partial charge in [0.15, 0.2) is 22.9 Å². The molecule has 2 aromatic carbocycles. The molecular weight excluding hydrogens is 1260 g/mol. The van der Waals surface area contributed by atoms with E-state index in [1.807, 2.05) is 26.5 Å². The number of carbonyl (C=O) groups excluding carboxylic acids is 7. The number of quaternary nitrogens is 3. The van der Waals surface area contributed by atoms with Crippen molar-refractivity contribution < 1.29 is 110 Å². The van der Waals surface area contributed by atoms with E-state index in [0.717, 1.165) is 33.6 Å². The van der Waals surface area contributed by atoms with Gasteiger partial charge in [0.25, 0.3) is 37.7 Å². The molecule has 0 bridgehead atoms. The van der Waals surface area contributed by atoms with Gasteiger partial charge in [-0.25, -0.2) is 9.59 Å². The predicted molar refractivity (Wildman–Crippen MR) is 328 cm³/mol. The molecule has 6 rings (SSSR count). The molecule has 7 N–H and O–H groups in total. The van der Waals surface area contributed by atoms with Crippen LogP contribution in [0.2, 0.25) is 0 Å². The first-order valence-electron chi connectivity index (χ1n) is 29.4. The molecule has 3 aliphatic rings. The topological polar surface area (TPSA) is 372 Å². The SMILES string of the molecule is COc1cc(C(C)OC(=O)NCC(=O)ON2C(=O)CCC2=O)c([N+](=O)[O-])cc1OCC[NH+](C)CCNC(=O)C(CS(=O)(=O)O)NC(=O)C(CS(=O)(=O)O)NC(=O)CCc1cc(CCC[N+](C)(C)C)c2n1[B-](F)(F)[N+]1=C(c3ccccc3)C=C(CCC[N+](C)(C)C)C1=C2. The number of allylic oxidation sites excluding steroid dienone is 2. The summed E-state index contributed by atoms with van der Waals surface area (Å²) in [6.45, 7) is -2.82. The van der Waals surface area contributed by atoms with Crippen LogP contribution in [0.3, 0.4) is 0 Å². The van der Waals surface area contributed by atoms with Gasteiger partial charge in [0.2, 0.25) is 17.7 Å². The number of amides is 6. The second kappa shape index (κ2) is 30.5. The zero-order valence-corrected chi connectivity index (χ0v) is 54.3. The predicted octanol–water partition coefficient (Wildman–Crippen LogP) is 0.331. The number of ether oxygens (including phenoxy) is 3. The lowest BCUT2D eigenvalue weighted by molar-refractivity contribution is -0.878. The van der Waals surface area contributed by atoms with Gasteiger partial charge < -0.3 is 71.8 Å². The van der Waals surface area contributed by atoms with Crippen molar-refractivity contribution in [3.63, 3.8) is 0 Å². The van der Waals surface area contributed by atoms with Gasteiger partial charge in [-0.2, -0.15) is 16.8 Å². The van der Waals surface area contributed by atoms with Crippen LogP contribution in [0.4, 0.5) is 19.1 Å². The van der Waals surface area contributed by atoms with E-state index in [-0.39, 0.29) is 79.0 Å². The van der Waals surface area contributed by atoms with E-state index in [9.17, 15) is 69.6 Å². The van der Waals surface area contributed by atoms with Crippen molar-refractivity contribution in [2.45, 2.75) is 76.5 Å². The second-order valence-electron chi connectivity index (χ2n) is 24.6. The Morgan fingerprint density at radius 2 is 1.43 bits per heavy atom. The van der Waals surface area contributed by atoms with E-state index in [1.165, 1.54) is 20.1 Å². The van der Waals surface area contributed by atoms with Gasteiger partial charge in [0.1, 0.15) is 49.4 Å². The molecule has 35 heteroatoms. The molecule has 4 atom stereocenters. The number of hydrogen-bond acceptors (Lipinski definition) is 17. The number of aromatic nitrogens is 1. The summed E-state index contributed by atoms with van der Waals surface area (Å²) in [6.07, 6.45) is 2.04. The molecule has 1 saturated heterocycles. The highest BCUT2D eigenvalue weighted by Gasteiger charge is 2.55. The van der Waals surface area contributed by atoms with Crippen molar-refractivity contribution in [1.29, 1.82) is 0 Å². The van der Waals surface area contributed by atoms with Crippen LogP contribution in [0.5, 0.6) is 11.5 Å². The number of methoxy groups -OCH3 is 1. The Balaban J connectivity index is 1.09. The fraction of sp³-hybridized carbons (Fsp3) is 0.509. The number of halogens is 2. The highest BCUT2D eigenvalue weighted by atomic mass is 32.2. The monoisotopic (exact) mass is 1340 g/mol. The fourth-order valence-electron chi connectivity index (χ4n) is 10.5. The van der Waals surface area contributed by atoms with E-state index in [4.69, 9.17) is 14.2 Å². The number of nitro groups is 1. The first kappa shape index (κ1) is 72.8. The zero-order chi connectivity index (χ0) is 68.3. The Hall–Kier alpha value is -8.22. The minimum atomic E-state index is -5.11. The maximum absolute atomic E-state index is 17.7. The summed E-state index contributed by atoms with van der Waals surface area (Å²) >= 11 is 0. The second-order valence-corrected chi connectivity index (χ2v) is 27.6.